The molecule has 3 heteroatoms. The molecule has 1 aromatic rings. The maximum Gasteiger partial charge on any atom is 0.328 e. The van der Waals surface area contributed by atoms with Crippen molar-refractivity contribution in [3.05, 3.63) is 35.4 Å². The second-order valence-electron chi connectivity index (χ2n) is 5.76. The van der Waals surface area contributed by atoms with Gasteiger partial charge in [0.2, 0.25) is 0 Å². The lowest BCUT2D eigenvalue weighted by Crippen LogP contribution is -2.24. The zero-order valence-electron chi connectivity index (χ0n) is 12.3. The molecule has 3 nitrogen and oxygen atoms in total. The molecule has 1 aliphatic rings. The van der Waals surface area contributed by atoms with E-state index in [2.05, 4.69) is 30.0 Å². The van der Waals surface area contributed by atoms with Crippen LogP contribution in [0.5, 0.6) is 0 Å². The minimum Gasteiger partial charge on any atom is -0.478 e. The highest BCUT2D eigenvalue weighted by Crippen LogP contribution is 2.27. The molecule has 0 aliphatic carbocycles. The second kappa shape index (κ2) is 6.60. The molecule has 1 aromatic carbocycles. The van der Waals surface area contributed by atoms with E-state index >= 15 is 0 Å². The Labute approximate surface area is 120 Å². The predicted molar refractivity (Wildman–Crippen MR) is 83.1 cm³/mol. The van der Waals surface area contributed by atoms with E-state index in [-0.39, 0.29) is 0 Å². The van der Waals surface area contributed by atoms with Crippen molar-refractivity contribution in [3.8, 4) is 0 Å². The summed E-state index contributed by atoms with van der Waals surface area (Å²) in [5.41, 5.74) is 3.31. The van der Waals surface area contributed by atoms with E-state index in [9.17, 15) is 4.79 Å². The minimum absolute atomic E-state index is 0.781. The maximum absolute atomic E-state index is 10.7. The Balaban J connectivity index is 2.27. The number of aliphatic carboxylic acids is 1. The Morgan fingerprint density at radius 1 is 1.35 bits per heavy atom. The van der Waals surface area contributed by atoms with Crippen LogP contribution in [-0.2, 0) is 4.79 Å². The lowest BCUT2D eigenvalue weighted by atomic mass is 10.0. The fourth-order valence-electron chi connectivity index (χ4n) is 2.76. The molecule has 0 bridgehead atoms. The zero-order chi connectivity index (χ0) is 14.5. The number of anilines is 1. The number of benzene rings is 1. The number of hydrogen-bond donors (Lipinski definition) is 1. The van der Waals surface area contributed by atoms with Crippen molar-refractivity contribution in [1.82, 2.24) is 0 Å². The number of carboxylic acids is 1. The largest absolute Gasteiger partial charge is 0.478 e. The summed E-state index contributed by atoms with van der Waals surface area (Å²) in [7, 11) is 0. The standard InChI is InChI=1S/C17H23NO2/c1-13-4-3-10-18(11-9-13)16-7-5-14(2)12-15(16)6-8-17(19)20/h5-8,12-13H,3-4,9-11H2,1-2H3,(H,19,20)/b8-6+. The topological polar surface area (TPSA) is 40.5 Å². The first-order valence-corrected chi connectivity index (χ1v) is 7.33. The molecule has 1 heterocycles. The monoisotopic (exact) mass is 273 g/mol. The third-order valence-corrected chi connectivity index (χ3v) is 3.95. The Kier molecular flexibility index (Phi) is 4.83. The van der Waals surface area contributed by atoms with Gasteiger partial charge in [-0.2, -0.15) is 0 Å². The lowest BCUT2D eigenvalue weighted by Gasteiger charge is -2.25. The van der Waals surface area contributed by atoms with Gasteiger partial charge in [0.15, 0.2) is 0 Å². The molecular formula is C17H23NO2. The molecule has 20 heavy (non-hydrogen) atoms. The van der Waals surface area contributed by atoms with E-state index in [1.165, 1.54) is 25.3 Å². The van der Waals surface area contributed by atoms with Gasteiger partial charge in [-0.05, 0) is 55.9 Å². The summed E-state index contributed by atoms with van der Waals surface area (Å²) in [6, 6.07) is 6.28. The van der Waals surface area contributed by atoms with E-state index < -0.39 is 5.97 Å². The highest BCUT2D eigenvalue weighted by Gasteiger charge is 2.16. The van der Waals surface area contributed by atoms with Crippen molar-refractivity contribution in [2.75, 3.05) is 18.0 Å². The van der Waals surface area contributed by atoms with Gasteiger partial charge >= 0.3 is 5.97 Å². The SMILES string of the molecule is Cc1ccc(N2CCCC(C)CC2)c(/C=C/C(=O)O)c1. The van der Waals surface area contributed by atoms with Crippen LogP contribution in [0.1, 0.15) is 37.3 Å². The van der Waals surface area contributed by atoms with Crippen molar-refractivity contribution in [2.24, 2.45) is 5.92 Å². The van der Waals surface area contributed by atoms with E-state index in [1.54, 1.807) is 6.08 Å². The van der Waals surface area contributed by atoms with Gasteiger partial charge in [0.05, 0.1) is 0 Å². The number of hydrogen-bond acceptors (Lipinski definition) is 2. The van der Waals surface area contributed by atoms with Crippen LogP contribution in [-0.4, -0.2) is 24.2 Å². The smallest absolute Gasteiger partial charge is 0.328 e. The first-order chi connectivity index (χ1) is 9.56. The summed E-state index contributed by atoms with van der Waals surface area (Å²) < 4.78 is 0. The molecule has 0 aromatic heterocycles. The van der Waals surface area contributed by atoms with Gasteiger partial charge < -0.3 is 10.0 Å². The van der Waals surface area contributed by atoms with Gasteiger partial charge in [-0.3, -0.25) is 0 Å². The van der Waals surface area contributed by atoms with Crippen LogP contribution in [0.4, 0.5) is 5.69 Å². The summed E-state index contributed by atoms with van der Waals surface area (Å²) in [4.78, 5) is 13.1. The Hall–Kier alpha value is -1.77. The van der Waals surface area contributed by atoms with Gasteiger partial charge in [-0.1, -0.05) is 18.6 Å². The molecule has 1 unspecified atom stereocenters. The summed E-state index contributed by atoms with van der Waals surface area (Å²) >= 11 is 0. The van der Waals surface area contributed by atoms with E-state index in [0.717, 1.165) is 35.8 Å². The quantitative estimate of drug-likeness (QED) is 0.853. The fourth-order valence-corrected chi connectivity index (χ4v) is 2.76. The molecule has 1 aliphatic heterocycles. The van der Waals surface area contributed by atoms with Crippen LogP contribution in [0.25, 0.3) is 6.08 Å². The van der Waals surface area contributed by atoms with Gasteiger partial charge in [0, 0.05) is 24.9 Å². The maximum atomic E-state index is 10.7. The summed E-state index contributed by atoms with van der Waals surface area (Å²) in [5.74, 6) is -0.120. The van der Waals surface area contributed by atoms with Crippen LogP contribution in [0.2, 0.25) is 0 Å². The average Bonchev–Trinajstić information content (AvgIpc) is 2.61. The summed E-state index contributed by atoms with van der Waals surface area (Å²) in [6.45, 7) is 6.45. The number of aryl methyl sites for hydroxylation is 1. The molecule has 0 amide bonds. The molecule has 1 atom stereocenters. The van der Waals surface area contributed by atoms with Crippen LogP contribution >= 0.6 is 0 Å². The first-order valence-electron chi connectivity index (χ1n) is 7.33. The van der Waals surface area contributed by atoms with Gasteiger partial charge in [0.1, 0.15) is 0 Å². The number of carbonyl (C=O) groups is 1. The summed E-state index contributed by atoms with van der Waals surface area (Å²) in [5, 5.41) is 8.82. The third-order valence-electron chi connectivity index (χ3n) is 3.95. The molecule has 0 spiro atoms. The van der Waals surface area contributed by atoms with Crippen LogP contribution in [0, 0.1) is 12.8 Å². The van der Waals surface area contributed by atoms with Crippen molar-refractivity contribution in [2.45, 2.75) is 33.1 Å². The average molecular weight is 273 g/mol. The molecule has 1 saturated heterocycles. The molecule has 0 radical (unpaired) electrons. The number of carboxylic acid groups (broad SMARTS) is 1. The Morgan fingerprint density at radius 3 is 2.90 bits per heavy atom. The van der Waals surface area contributed by atoms with Crippen molar-refractivity contribution in [3.63, 3.8) is 0 Å². The Bertz CT molecular complexity index is 508. The van der Waals surface area contributed by atoms with E-state index in [0.29, 0.717) is 0 Å². The van der Waals surface area contributed by atoms with Crippen LogP contribution in [0.15, 0.2) is 24.3 Å². The van der Waals surface area contributed by atoms with Gasteiger partial charge in [-0.15, -0.1) is 0 Å². The van der Waals surface area contributed by atoms with Gasteiger partial charge in [0.25, 0.3) is 0 Å². The Morgan fingerprint density at radius 2 is 2.15 bits per heavy atom. The number of nitrogens with zero attached hydrogens (tertiary/aromatic N) is 1. The first kappa shape index (κ1) is 14.6. The van der Waals surface area contributed by atoms with Crippen LogP contribution in [0.3, 0.4) is 0 Å². The second-order valence-corrected chi connectivity index (χ2v) is 5.76. The molecule has 0 saturated carbocycles. The highest BCUT2D eigenvalue weighted by atomic mass is 16.4. The third kappa shape index (κ3) is 3.86. The summed E-state index contributed by atoms with van der Waals surface area (Å²) in [6.07, 6.45) is 6.62. The molecule has 1 fully saturated rings. The molecular weight excluding hydrogens is 250 g/mol. The molecule has 2 rings (SSSR count). The lowest BCUT2D eigenvalue weighted by molar-refractivity contribution is -0.131. The normalized spacial score (nSPS) is 20.1. The molecule has 1 N–H and O–H groups in total. The van der Waals surface area contributed by atoms with Crippen molar-refractivity contribution in [1.29, 1.82) is 0 Å². The predicted octanol–water partition coefficient (Wildman–Crippen LogP) is 3.72. The highest BCUT2D eigenvalue weighted by molar-refractivity contribution is 5.87. The van der Waals surface area contributed by atoms with Gasteiger partial charge in [-0.25, -0.2) is 4.79 Å². The molecule has 108 valence electrons. The van der Waals surface area contributed by atoms with E-state index in [1.807, 2.05) is 6.92 Å². The van der Waals surface area contributed by atoms with E-state index in [4.69, 9.17) is 5.11 Å². The zero-order valence-corrected chi connectivity index (χ0v) is 12.3. The minimum atomic E-state index is -0.901. The fraction of sp³-hybridized carbons (Fsp3) is 0.471. The van der Waals surface area contributed by atoms with Crippen LogP contribution < -0.4 is 4.90 Å². The van der Waals surface area contributed by atoms with Crippen molar-refractivity contribution >= 4 is 17.7 Å². The van der Waals surface area contributed by atoms with Crippen molar-refractivity contribution < 1.29 is 9.90 Å². The number of rotatable bonds is 3.